The van der Waals surface area contributed by atoms with E-state index in [1.807, 2.05) is 6.07 Å². The lowest BCUT2D eigenvalue weighted by Crippen LogP contribution is -2.12. The summed E-state index contributed by atoms with van der Waals surface area (Å²) in [6.07, 6.45) is 1.49. The summed E-state index contributed by atoms with van der Waals surface area (Å²) in [7, 11) is 0. The van der Waals surface area contributed by atoms with Gasteiger partial charge < -0.3 is 15.3 Å². The highest BCUT2D eigenvalue weighted by Gasteiger charge is 2.09. The maximum absolute atomic E-state index is 12.4. The number of pyridine rings is 1. The van der Waals surface area contributed by atoms with Crippen LogP contribution in [0.5, 0.6) is 0 Å². The van der Waals surface area contributed by atoms with Gasteiger partial charge in [-0.25, -0.2) is 4.79 Å². The number of nitriles is 1. The number of carbonyl (C=O) groups is 1. The first-order valence-corrected chi connectivity index (χ1v) is 8.12. The highest BCUT2D eigenvalue weighted by atomic mass is 16.2. The van der Waals surface area contributed by atoms with Crippen LogP contribution in [-0.2, 0) is 0 Å². The molecule has 2 aromatic heterocycles. The van der Waals surface area contributed by atoms with Gasteiger partial charge in [0.05, 0.1) is 33.9 Å². The van der Waals surface area contributed by atoms with Crippen LogP contribution in [0.2, 0.25) is 0 Å². The van der Waals surface area contributed by atoms with Crippen LogP contribution in [0.15, 0.2) is 65.6 Å². The summed E-state index contributed by atoms with van der Waals surface area (Å²) < 4.78 is 0. The summed E-state index contributed by atoms with van der Waals surface area (Å²) in [5, 5.41) is 11.8. The third kappa shape index (κ3) is 3.32. The monoisotopic (exact) mass is 355 g/mol. The summed E-state index contributed by atoms with van der Waals surface area (Å²) in [4.78, 5) is 33.4. The van der Waals surface area contributed by atoms with Crippen molar-refractivity contribution >= 4 is 22.6 Å². The molecule has 2 heterocycles. The fraction of sp³-hybridized carbons (Fsp3) is 0. The van der Waals surface area contributed by atoms with Crippen LogP contribution < -0.4 is 11.0 Å². The van der Waals surface area contributed by atoms with E-state index in [0.29, 0.717) is 33.5 Å². The number of hydrogen-bond donors (Lipinski definition) is 3. The summed E-state index contributed by atoms with van der Waals surface area (Å²) in [5.74, 6) is -0.308. The number of aromatic amines is 2. The lowest BCUT2D eigenvalue weighted by Gasteiger charge is -2.06. The molecule has 0 aliphatic carbocycles. The van der Waals surface area contributed by atoms with Gasteiger partial charge in [-0.05, 0) is 42.5 Å². The van der Waals surface area contributed by atoms with E-state index in [2.05, 4.69) is 26.3 Å². The van der Waals surface area contributed by atoms with E-state index in [-0.39, 0.29) is 11.6 Å². The third-order valence-electron chi connectivity index (χ3n) is 4.09. The standard InChI is InChI=1S/C20H13N5O2/c21-10-12-2-1-3-13(8-12)16-6-4-14(11-22-16)19(26)23-15-5-7-17-18(9-15)25-20(27)24-17/h1-9,11H,(H,23,26)(H2,24,25,27). The Kier molecular flexibility index (Phi) is 3.99. The Labute approximate surface area is 153 Å². The number of nitrogens with one attached hydrogen (secondary N) is 3. The Bertz CT molecular complexity index is 1250. The van der Waals surface area contributed by atoms with Gasteiger partial charge in [-0.15, -0.1) is 0 Å². The molecular formula is C20H13N5O2. The minimum Gasteiger partial charge on any atom is -0.322 e. The molecule has 27 heavy (non-hydrogen) atoms. The number of H-pyrrole nitrogens is 2. The van der Waals surface area contributed by atoms with Crippen molar-refractivity contribution in [3.8, 4) is 17.3 Å². The van der Waals surface area contributed by atoms with Crippen molar-refractivity contribution in [3.63, 3.8) is 0 Å². The molecule has 3 N–H and O–H groups in total. The number of hydrogen-bond acceptors (Lipinski definition) is 4. The molecule has 7 heteroatoms. The number of anilines is 1. The predicted molar refractivity (Wildman–Crippen MR) is 101 cm³/mol. The van der Waals surface area contributed by atoms with E-state index >= 15 is 0 Å². The number of rotatable bonds is 3. The lowest BCUT2D eigenvalue weighted by atomic mass is 10.1. The normalized spacial score (nSPS) is 10.5. The molecule has 4 rings (SSSR count). The molecule has 7 nitrogen and oxygen atoms in total. The lowest BCUT2D eigenvalue weighted by molar-refractivity contribution is 0.102. The molecular weight excluding hydrogens is 342 g/mol. The average Bonchev–Trinajstić information content (AvgIpc) is 3.07. The van der Waals surface area contributed by atoms with E-state index in [4.69, 9.17) is 5.26 Å². The highest BCUT2D eigenvalue weighted by Crippen LogP contribution is 2.19. The van der Waals surface area contributed by atoms with Crippen molar-refractivity contribution in [2.24, 2.45) is 0 Å². The topological polar surface area (TPSA) is 114 Å². The van der Waals surface area contributed by atoms with Crippen LogP contribution in [0, 0.1) is 11.3 Å². The first-order valence-electron chi connectivity index (χ1n) is 8.12. The van der Waals surface area contributed by atoms with Gasteiger partial charge in [-0.3, -0.25) is 9.78 Å². The first kappa shape index (κ1) is 16.3. The Balaban J connectivity index is 1.54. The van der Waals surface area contributed by atoms with Crippen molar-refractivity contribution in [3.05, 3.63) is 82.4 Å². The van der Waals surface area contributed by atoms with Crippen LogP contribution in [0.4, 0.5) is 5.69 Å². The number of aromatic nitrogens is 3. The fourth-order valence-corrected chi connectivity index (χ4v) is 2.76. The molecule has 4 aromatic rings. The molecule has 0 saturated heterocycles. The number of carbonyl (C=O) groups excluding carboxylic acids is 1. The van der Waals surface area contributed by atoms with Crippen molar-refractivity contribution in [1.82, 2.24) is 15.0 Å². The van der Waals surface area contributed by atoms with Gasteiger partial charge in [0.1, 0.15) is 0 Å². The van der Waals surface area contributed by atoms with E-state index in [9.17, 15) is 9.59 Å². The maximum Gasteiger partial charge on any atom is 0.323 e. The molecule has 2 aromatic carbocycles. The Morgan fingerprint density at radius 1 is 1.04 bits per heavy atom. The molecule has 0 radical (unpaired) electrons. The van der Waals surface area contributed by atoms with Gasteiger partial charge in [0.2, 0.25) is 0 Å². The minimum atomic E-state index is -0.308. The Hall–Kier alpha value is -4.18. The summed E-state index contributed by atoms with van der Waals surface area (Å²) in [6, 6.07) is 17.7. The molecule has 0 unspecified atom stereocenters. The SMILES string of the molecule is N#Cc1cccc(-c2ccc(C(=O)Nc3ccc4[nH]c(=O)[nH]c4c3)cn2)c1. The molecule has 0 aliphatic rings. The van der Waals surface area contributed by atoms with Crippen molar-refractivity contribution in [2.45, 2.75) is 0 Å². The highest BCUT2D eigenvalue weighted by molar-refractivity contribution is 6.04. The smallest absolute Gasteiger partial charge is 0.322 e. The fourth-order valence-electron chi connectivity index (χ4n) is 2.76. The molecule has 0 atom stereocenters. The number of fused-ring (bicyclic) bond motifs is 1. The maximum atomic E-state index is 12.4. The van der Waals surface area contributed by atoms with Gasteiger partial charge in [0.15, 0.2) is 0 Å². The van der Waals surface area contributed by atoms with Crippen LogP contribution in [0.25, 0.3) is 22.3 Å². The molecule has 130 valence electrons. The zero-order valence-electron chi connectivity index (χ0n) is 14.0. The molecule has 0 bridgehead atoms. The zero-order valence-corrected chi connectivity index (χ0v) is 14.0. The number of imidazole rings is 1. The van der Waals surface area contributed by atoms with Gasteiger partial charge in [0, 0.05) is 17.4 Å². The largest absolute Gasteiger partial charge is 0.323 e. The number of amides is 1. The van der Waals surface area contributed by atoms with E-state index < -0.39 is 0 Å². The number of benzene rings is 2. The predicted octanol–water partition coefficient (Wildman–Crippen LogP) is 3.04. The van der Waals surface area contributed by atoms with Crippen molar-refractivity contribution < 1.29 is 4.79 Å². The second-order valence-corrected chi connectivity index (χ2v) is 5.92. The van der Waals surface area contributed by atoms with Crippen LogP contribution >= 0.6 is 0 Å². The Morgan fingerprint density at radius 3 is 2.67 bits per heavy atom. The van der Waals surface area contributed by atoms with E-state index in [0.717, 1.165) is 5.56 Å². The van der Waals surface area contributed by atoms with Gasteiger partial charge in [-0.2, -0.15) is 5.26 Å². The van der Waals surface area contributed by atoms with Crippen LogP contribution in [0.3, 0.4) is 0 Å². The molecule has 0 aliphatic heterocycles. The minimum absolute atomic E-state index is 0.297. The van der Waals surface area contributed by atoms with Gasteiger partial charge in [-0.1, -0.05) is 12.1 Å². The zero-order chi connectivity index (χ0) is 18.8. The van der Waals surface area contributed by atoms with Gasteiger partial charge >= 0.3 is 5.69 Å². The number of nitrogens with zero attached hydrogens (tertiary/aromatic N) is 2. The van der Waals surface area contributed by atoms with Crippen LogP contribution in [0.1, 0.15) is 15.9 Å². The van der Waals surface area contributed by atoms with Crippen LogP contribution in [-0.4, -0.2) is 20.9 Å². The van der Waals surface area contributed by atoms with Crippen molar-refractivity contribution in [1.29, 1.82) is 5.26 Å². The van der Waals surface area contributed by atoms with Gasteiger partial charge in [0.25, 0.3) is 5.91 Å². The molecule has 1 amide bonds. The summed E-state index contributed by atoms with van der Waals surface area (Å²) >= 11 is 0. The van der Waals surface area contributed by atoms with E-state index in [1.165, 1.54) is 6.20 Å². The molecule has 0 fully saturated rings. The second kappa shape index (κ2) is 6.61. The van der Waals surface area contributed by atoms with E-state index in [1.54, 1.807) is 48.5 Å². The molecule has 0 spiro atoms. The second-order valence-electron chi connectivity index (χ2n) is 5.92. The quantitative estimate of drug-likeness (QED) is 0.524. The summed E-state index contributed by atoms with van der Waals surface area (Å²) in [5.41, 5.74) is 3.99. The molecule has 0 saturated carbocycles. The van der Waals surface area contributed by atoms with Crippen molar-refractivity contribution in [2.75, 3.05) is 5.32 Å². The third-order valence-corrected chi connectivity index (χ3v) is 4.09. The Morgan fingerprint density at radius 2 is 1.89 bits per heavy atom. The average molecular weight is 355 g/mol. The first-order chi connectivity index (χ1) is 13.1. The summed E-state index contributed by atoms with van der Waals surface area (Å²) in [6.45, 7) is 0.